The zero-order chi connectivity index (χ0) is 19.8. The predicted molar refractivity (Wildman–Crippen MR) is 124 cm³/mol. The maximum atomic E-state index is 5.31. The zero-order valence-electron chi connectivity index (χ0n) is 17.4. The molecule has 0 amide bonds. The number of rotatable bonds is 7. The maximum absolute atomic E-state index is 5.31. The fraction of sp³-hybridized carbons (Fsp3) is 0.550. The molecule has 0 saturated carbocycles. The molecule has 1 unspecified atom stereocenters. The predicted octanol–water partition coefficient (Wildman–Crippen LogP) is 2.90. The Kier molecular flexibility index (Phi) is 9.65. The van der Waals surface area contributed by atoms with Gasteiger partial charge < -0.3 is 19.9 Å². The van der Waals surface area contributed by atoms with Crippen molar-refractivity contribution in [2.45, 2.75) is 38.8 Å². The van der Waals surface area contributed by atoms with Crippen molar-refractivity contribution in [2.75, 3.05) is 33.8 Å². The molecule has 0 bridgehead atoms. The number of piperidine rings is 1. The van der Waals surface area contributed by atoms with E-state index >= 15 is 0 Å². The van der Waals surface area contributed by atoms with Gasteiger partial charge in [-0.05, 0) is 50.6 Å². The van der Waals surface area contributed by atoms with Crippen LogP contribution in [-0.4, -0.2) is 54.8 Å². The highest BCUT2D eigenvalue weighted by Gasteiger charge is 2.22. The summed E-state index contributed by atoms with van der Waals surface area (Å²) in [5, 5.41) is 10.5. The molecular weight excluding hydrogens is 483 g/mol. The third kappa shape index (κ3) is 6.84. The number of aromatic nitrogens is 2. The van der Waals surface area contributed by atoms with Crippen LogP contribution in [0.25, 0.3) is 0 Å². The number of hydrogen-bond acceptors (Lipinski definition) is 6. The zero-order valence-corrected chi connectivity index (χ0v) is 19.7. The minimum atomic E-state index is 0. The number of nitrogens with zero attached hydrogens (tertiary/aromatic N) is 4. The molecule has 1 aromatic carbocycles. The molecule has 1 aromatic heterocycles. The summed E-state index contributed by atoms with van der Waals surface area (Å²) in [5.74, 6) is 2.76. The number of guanidine groups is 1. The van der Waals surface area contributed by atoms with E-state index in [9.17, 15) is 0 Å². The number of methoxy groups -OCH3 is 1. The van der Waals surface area contributed by atoms with Gasteiger partial charge in [0.2, 0.25) is 5.89 Å². The van der Waals surface area contributed by atoms with E-state index in [4.69, 9.17) is 9.26 Å². The summed E-state index contributed by atoms with van der Waals surface area (Å²) in [6, 6.07) is 8.62. The fourth-order valence-corrected chi connectivity index (χ4v) is 3.50. The van der Waals surface area contributed by atoms with E-state index in [0.717, 1.165) is 25.4 Å². The molecule has 1 fully saturated rings. The SMILES string of the molecule is CN=C(NCc1nc(C)no1)NCC(c1ccc(OC)cc1)N1CCCCC1.I. The van der Waals surface area contributed by atoms with Gasteiger partial charge in [-0.25, -0.2) is 0 Å². The van der Waals surface area contributed by atoms with Gasteiger partial charge in [0.1, 0.15) is 5.75 Å². The fourth-order valence-electron chi connectivity index (χ4n) is 3.50. The van der Waals surface area contributed by atoms with Gasteiger partial charge in [-0.1, -0.05) is 23.7 Å². The van der Waals surface area contributed by atoms with Crippen LogP contribution in [0.1, 0.15) is 42.6 Å². The second-order valence-corrected chi connectivity index (χ2v) is 6.93. The molecule has 0 spiro atoms. The van der Waals surface area contributed by atoms with Gasteiger partial charge in [0, 0.05) is 13.6 Å². The van der Waals surface area contributed by atoms with Gasteiger partial charge in [-0.15, -0.1) is 24.0 Å². The highest BCUT2D eigenvalue weighted by atomic mass is 127. The molecule has 2 aromatic rings. The van der Waals surface area contributed by atoms with E-state index in [1.165, 1.54) is 24.8 Å². The van der Waals surface area contributed by atoms with E-state index in [1.807, 2.05) is 12.1 Å². The van der Waals surface area contributed by atoms with Crippen molar-refractivity contribution in [3.63, 3.8) is 0 Å². The molecule has 0 aliphatic carbocycles. The first-order chi connectivity index (χ1) is 13.7. The summed E-state index contributed by atoms with van der Waals surface area (Å²) < 4.78 is 10.5. The van der Waals surface area contributed by atoms with Crippen molar-refractivity contribution >= 4 is 29.9 Å². The molecule has 160 valence electrons. The monoisotopic (exact) mass is 514 g/mol. The van der Waals surface area contributed by atoms with E-state index < -0.39 is 0 Å². The summed E-state index contributed by atoms with van der Waals surface area (Å²) >= 11 is 0. The van der Waals surface area contributed by atoms with Crippen LogP contribution in [0.4, 0.5) is 0 Å². The third-order valence-electron chi connectivity index (χ3n) is 5.00. The van der Waals surface area contributed by atoms with Crippen LogP contribution in [0, 0.1) is 6.92 Å². The van der Waals surface area contributed by atoms with Gasteiger partial charge in [-0.2, -0.15) is 4.98 Å². The van der Waals surface area contributed by atoms with Crippen LogP contribution < -0.4 is 15.4 Å². The molecule has 8 nitrogen and oxygen atoms in total. The van der Waals surface area contributed by atoms with E-state index in [0.29, 0.717) is 24.2 Å². The highest BCUT2D eigenvalue weighted by molar-refractivity contribution is 14.0. The largest absolute Gasteiger partial charge is 0.497 e. The van der Waals surface area contributed by atoms with Gasteiger partial charge in [-0.3, -0.25) is 9.89 Å². The Morgan fingerprint density at radius 1 is 1.21 bits per heavy atom. The number of benzene rings is 1. The second-order valence-electron chi connectivity index (χ2n) is 6.93. The lowest BCUT2D eigenvalue weighted by Gasteiger charge is -2.35. The lowest BCUT2D eigenvalue weighted by molar-refractivity contribution is 0.164. The molecule has 2 heterocycles. The number of aryl methyl sites for hydroxylation is 1. The Morgan fingerprint density at radius 3 is 2.52 bits per heavy atom. The van der Waals surface area contributed by atoms with Gasteiger partial charge in [0.05, 0.1) is 19.7 Å². The lowest BCUT2D eigenvalue weighted by atomic mass is 10.0. The molecule has 29 heavy (non-hydrogen) atoms. The normalized spacial score (nSPS) is 16.0. The summed E-state index contributed by atoms with van der Waals surface area (Å²) in [7, 11) is 3.46. The Hall–Kier alpha value is -1.88. The topological polar surface area (TPSA) is 87.8 Å². The first-order valence-electron chi connectivity index (χ1n) is 9.81. The average molecular weight is 514 g/mol. The number of likely N-dealkylation sites (tertiary alicyclic amines) is 1. The number of hydrogen-bond donors (Lipinski definition) is 2. The van der Waals surface area contributed by atoms with Gasteiger partial charge in [0.15, 0.2) is 11.8 Å². The third-order valence-corrected chi connectivity index (χ3v) is 5.00. The van der Waals surface area contributed by atoms with Crippen LogP contribution in [0.5, 0.6) is 5.75 Å². The molecule has 2 N–H and O–H groups in total. The average Bonchev–Trinajstić information content (AvgIpc) is 3.16. The van der Waals surface area contributed by atoms with Crippen LogP contribution in [0.3, 0.4) is 0 Å². The van der Waals surface area contributed by atoms with Crippen LogP contribution in [0.15, 0.2) is 33.8 Å². The Labute approximate surface area is 189 Å². The van der Waals surface area contributed by atoms with Gasteiger partial charge in [0.25, 0.3) is 0 Å². The van der Waals surface area contributed by atoms with Crippen molar-refractivity contribution in [3.05, 3.63) is 41.5 Å². The lowest BCUT2D eigenvalue weighted by Crippen LogP contribution is -2.44. The summed E-state index contributed by atoms with van der Waals surface area (Å²) in [6.07, 6.45) is 3.80. The van der Waals surface area contributed by atoms with E-state index in [1.54, 1.807) is 21.1 Å². The van der Waals surface area contributed by atoms with Crippen molar-refractivity contribution in [1.82, 2.24) is 25.7 Å². The molecule has 1 atom stereocenters. The number of nitrogens with one attached hydrogen (secondary N) is 2. The van der Waals surface area contributed by atoms with E-state index in [2.05, 4.69) is 42.8 Å². The van der Waals surface area contributed by atoms with Crippen molar-refractivity contribution in [1.29, 1.82) is 0 Å². The number of halogens is 1. The second kappa shape index (κ2) is 12.0. The molecule has 9 heteroatoms. The first-order valence-corrected chi connectivity index (χ1v) is 9.81. The van der Waals surface area contributed by atoms with Crippen molar-refractivity contribution < 1.29 is 9.26 Å². The summed E-state index contributed by atoms with van der Waals surface area (Å²) in [5.41, 5.74) is 1.28. The summed E-state index contributed by atoms with van der Waals surface area (Å²) in [4.78, 5) is 11.1. The first kappa shape index (κ1) is 23.4. The number of ether oxygens (including phenoxy) is 1. The quantitative estimate of drug-likeness (QED) is 0.334. The van der Waals surface area contributed by atoms with Crippen LogP contribution in [0.2, 0.25) is 0 Å². The molecule has 1 aliphatic rings. The molecule has 1 saturated heterocycles. The molecule has 3 rings (SSSR count). The van der Waals surface area contributed by atoms with E-state index in [-0.39, 0.29) is 30.0 Å². The standard InChI is InChI=1S/C20H30N6O2.HI/c1-15-24-19(28-25-15)14-23-20(21-2)22-13-18(26-11-5-4-6-12-26)16-7-9-17(27-3)10-8-16;/h7-10,18H,4-6,11-14H2,1-3H3,(H2,21,22,23);1H. The molecular formula is C20H31IN6O2. The summed E-state index contributed by atoms with van der Waals surface area (Å²) in [6.45, 7) is 5.24. The Morgan fingerprint density at radius 2 is 1.93 bits per heavy atom. The number of aliphatic imine (C=N–C) groups is 1. The van der Waals surface area contributed by atoms with Crippen molar-refractivity contribution in [3.8, 4) is 5.75 Å². The van der Waals surface area contributed by atoms with Crippen molar-refractivity contribution in [2.24, 2.45) is 4.99 Å². The minimum absolute atomic E-state index is 0. The minimum Gasteiger partial charge on any atom is -0.497 e. The Bertz CT molecular complexity index is 759. The maximum Gasteiger partial charge on any atom is 0.246 e. The molecule has 0 radical (unpaired) electrons. The highest BCUT2D eigenvalue weighted by Crippen LogP contribution is 2.25. The molecule has 1 aliphatic heterocycles. The Balaban J connectivity index is 0.00000300. The van der Waals surface area contributed by atoms with Crippen LogP contribution in [-0.2, 0) is 6.54 Å². The van der Waals surface area contributed by atoms with Crippen LogP contribution >= 0.6 is 24.0 Å². The van der Waals surface area contributed by atoms with Gasteiger partial charge >= 0.3 is 0 Å². The smallest absolute Gasteiger partial charge is 0.246 e.